The summed E-state index contributed by atoms with van der Waals surface area (Å²) in [5, 5.41) is 6.06. The number of carbonyl (C=O) groups excluding carboxylic acids is 1. The van der Waals surface area contributed by atoms with E-state index in [1.165, 1.54) is 5.56 Å². The van der Waals surface area contributed by atoms with E-state index in [-0.39, 0.29) is 12.1 Å². The van der Waals surface area contributed by atoms with Crippen LogP contribution >= 0.6 is 11.7 Å². The predicted octanol–water partition coefficient (Wildman–Crippen LogP) is 3.40. The number of benzene rings is 2. The van der Waals surface area contributed by atoms with Gasteiger partial charge in [0.05, 0.1) is 17.4 Å². The number of aryl methyl sites for hydroxylation is 1. The second kappa shape index (κ2) is 7.39. The zero-order valence-electron chi connectivity index (χ0n) is 14.6. The number of carbonyl (C=O) groups is 1. The number of anilines is 1. The summed E-state index contributed by atoms with van der Waals surface area (Å²) >= 11 is 1.16. The van der Waals surface area contributed by atoms with Crippen molar-refractivity contribution in [2.45, 2.75) is 25.9 Å². The lowest BCUT2D eigenvalue weighted by Crippen LogP contribution is -2.39. The Morgan fingerprint density at radius 3 is 2.92 bits per heavy atom. The number of nitrogens with one attached hydrogen (secondary N) is 2. The maximum absolute atomic E-state index is 12.5. The molecule has 0 radical (unpaired) electrons. The van der Waals surface area contributed by atoms with Gasteiger partial charge < -0.3 is 10.6 Å². The Hall–Kier alpha value is -2.51. The third-order valence-corrected chi connectivity index (χ3v) is 5.27. The number of rotatable bonds is 4. The minimum atomic E-state index is -0.180. The summed E-state index contributed by atoms with van der Waals surface area (Å²) in [6.07, 6.45) is 0.960. The van der Waals surface area contributed by atoms with Crippen LogP contribution in [0.25, 0.3) is 11.0 Å². The van der Waals surface area contributed by atoms with Crippen LogP contribution in [-0.4, -0.2) is 38.8 Å². The van der Waals surface area contributed by atoms with E-state index in [1.54, 1.807) is 0 Å². The second-order valence-electron chi connectivity index (χ2n) is 6.69. The van der Waals surface area contributed by atoms with Crippen LogP contribution in [0.5, 0.6) is 0 Å². The minimum absolute atomic E-state index is 0.159. The average molecular weight is 367 g/mol. The highest BCUT2D eigenvalue weighted by Gasteiger charge is 2.24. The molecule has 4 rings (SSSR count). The molecule has 6 nitrogen and oxygen atoms in total. The van der Waals surface area contributed by atoms with Crippen LogP contribution in [0.3, 0.4) is 0 Å². The fraction of sp³-hybridized carbons (Fsp3) is 0.316. The molecule has 0 unspecified atom stereocenters. The fourth-order valence-electron chi connectivity index (χ4n) is 3.38. The van der Waals surface area contributed by atoms with E-state index >= 15 is 0 Å². The maximum atomic E-state index is 12.5. The monoisotopic (exact) mass is 367 g/mol. The third-order valence-electron chi connectivity index (χ3n) is 4.73. The summed E-state index contributed by atoms with van der Waals surface area (Å²) < 4.78 is 8.54. The first-order chi connectivity index (χ1) is 12.7. The van der Waals surface area contributed by atoms with Crippen molar-refractivity contribution in [3.63, 3.8) is 0 Å². The van der Waals surface area contributed by atoms with E-state index in [1.807, 2.05) is 25.1 Å². The number of aromatic nitrogens is 2. The van der Waals surface area contributed by atoms with Crippen molar-refractivity contribution >= 4 is 34.5 Å². The molecule has 1 atom stereocenters. The lowest BCUT2D eigenvalue weighted by Gasteiger charge is -2.17. The van der Waals surface area contributed by atoms with Crippen LogP contribution in [0.4, 0.5) is 10.5 Å². The second-order valence-corrected chi connectivity index (χ2v) is 7.22. The number of hydrogen-bond acceptors (Lipinski definition) is 5. The number of urea groups is 1. The summed E-state index contributed by atoms with van der Waals surface area (Å²) in [6, 6.07) is 14.3. The summed E-state index contributed by atoms with van der Waals surface area (Å²) in [5.41, 5.74) is 4.59. The summed E-state index contributed by atoms with van der Waals surface area (Å²) in [4.78, 5) is 14.8. The first-order valence-corrected chi connectivity index (χ1v) is 9.48. The lowest BCUT2D eigenvalue weighted by molar-refractivity contribution is 0.247. The molecule has 0 bridgehead atoms. The summed E-state index contributed by atoms with van der Waals surface area (Å²) in [5.74, 6) is 0. The fourth-order valence-corrected chi connectivity index (χ4v) is 3.92. The molecule has 3 aromatic rings. The highest BCUT2D eigenvalue weighted by atomic mass is 32.1. The number of amides is 2. The van der Waals surface area contributed by atoms with Gasteiger partial charge in [0.25, 0.3) is 0 Å². The van der Waals surface area contributed by atoms with Crippen molar-refractivity contribution in [2.24, 2.45) is 0 Å². The van der Waals surface area contributed by atoms with E-state index in [0.29, 0.717) is 0 Å². The highest BCUT2D eigenvalue weighted by molar-refractivity contribution is 7.00. The molecule has 2 amide bonds. The van der Waals surface area contributed by atoms with Gasteiger partial charge in [-0.1, -0.05) is 36.4 Å². The SMILES string of the molecule is Cc1ccc2nsnc2c1NC(=O)N[C@H]1CCN(Cc2ccccc2)C1. The van der Waals surface area contributed by atoms with Crippen molar-refractivity contribution < 1.29 is 4.79 Å². The Balaban J connectivity index is 1.35. The van der Waals surface area contributed by atoms with Gasteiger partial charge in [0, 0.05) is 25.7 Å². The molecule has 0 aliphatic carbocycles. The van der Waals surface area contributed by atoms with Crippen molar-refractivity contribution in [1.82, 2.24) is 19.0 Å². The molecule has 1 aromatic heterocycles. The van der Waals surface area contributed by atoms with Crippen LogP contribution in [0.2, 0.25) is 0 Å². The van der Waals surface area contributed by atoms with Gasteiger partial charge in [-0.15, -0.1) is 0 Å². The van der Waals surface area contributed by atoms with E-state index in [4.69, 9.17) is 0 Å². The number of fused-ring (bicyclic) bond motifs is 1. The van der Waals surface area contributed by atoms with Crippen LogP contribution < -0.4 is 10.6 Å². The Morgan fingerprint density at radius 1 is 1.23 bits per heavy atom. The van der Waals surface area contributed by atoms with Crippen molar-refractivity contribution in [3.8, 4) is 0 Å². The molecule has 0 saturated carbocycles. The van der Waals surface area contributed by atoms with Gasteiger partial charge in [-0.25, -0.2) is 4.79 Å². The first-order valence-electron chi connectivity index (χ1n) is 8.75. The van der Waals surface area contributed by atoms with E-state index in [0.717, 1.165) is 60.1 Å². The zero-order valence-corrected chi connectivity index (χ0v) is 15.4. The normalized spacial score (nSPS) is 17.5. The minimum Gasteiger partial charge on any atom is -0.334 e. The number of likely N-dealkylation sites (tertiary alicyclic amines) is 1. The Morgan fingerprint density at radius 2 is 2.08 bits per heavy atom. The van der Waals surface area contributed by atoms with Crippen molar-refractivity contribution in [2.75, 3.05) is 18.4 Å². The van der Waals surface area contributed by atoms with E-state index in [9.17, 15) is 4.79 Å². The van der Waals surface area contributed by atoms with Gasteiger partial charge in [-0.2, -0.15) is 8.75 Å². The van der Waals surface area contributed by atoms with Gasteiger partial charge in [0.1, 0.15) is 11.0 Å². The predicted molar refractivity (Wildman–Crippen MR) is 104 cm³/mol. The largest absolute Gasteiger partial charge is 0.334 e. The highest BCUT2D eigenvalue weighted by Crippen LogP contribution is 2.25. The molecule has 7 heteroatoms. The van der Waals surface area contributed by atoms with Crippen molar-refractivity contribution in [3.05, 3.63) is 53.6 Å². The molecule has 2 N–H and O–H groups in total. The van der Waals surface area contributed by atoms with Crippen LogP contribution in [0.15, 0.2) is 42.5 Å². The van der Waals surface area contributed by atoms with Crippen LogP contribution in [-0.2, 0) is 6.54 Å². The molecule has 134 valence electrons. The topological polar surface area (TPSA) is 70.1 Å². The third kappa shape index (κ3) is 3.68. The quantitative estimate of drug-likeness (QED) is 0.741. The van der Waals surface area contributed by atoms with Gasteiger partial charge in [-0.3, -0.25) is 4.90 Å². The first kappa shape index (κ1) is 16.9. The molecule has 1 saturated heterocycles. The average Bonchev–Trinajstić information content (AvgIpc) is 3.28. The molecule has 1 aliphatic rings. The Labute approximate surface area is 156 Å². The molecule has 0 spiro atoms. The zero-order chi connectivity index (χ0) is 17.9. The standard InChI is InChI=1S/C19H21N5OS/c1-13-7-8-16-18(23-26-22-16)17(13)21-19(25)20-15-9-10-24(12-15)11-14-5-3-2-4-6-14/h2-8,15H,9-12H2,1H3,(H2,20,21,25)/t15-/m0/s1. The molecule has 1 fully saturated rings. The Kier molecular flexibility index (Phi) is 4.81. The molecule has 1 aliphatic heterocycles. The lowest BCUT2D eigenvalue weighted by atomic mass is 10.1. The van der Waals surface area contributed by atoms with Gasteiger partial charge in [-0.05, 0) is 30.5 Å². The van der Waals surface area contributed by atoms with Gasteiger partial charge >= 0.3 is 6.03 Å². The molecular formula is C19H21N5OS. The number of hydrogen-bond donors (Lipinski definition) is 2. The van der Waals surface area contributed by atoms with Crippen LogP contribution in [0.1, 0.15) is 17.5 Å². The van der Waals surface area contributed by atoms with Gasteiger partial charge in [0.2, 0.25) is 0 Å². The molecular weight excluding hydrogens is 346 g/mol. The summed E-state index contributed by atoms with van der Waals surface area (Å²) in [6.45, 7) is 4.74. The Bertz CT molecular complexity index is 911. The molecule has 26 heavy (non-hydrogen) atoms. The summed E-state index contributed by atoms with van der Waals surface area (Å²) in [7, 11) is 0. The van der Waals surface area contributed by atoms with Crippen molar-refractivity contribution in [1.29, 1.82) is 0 Å². The molecule has 2 heterocycles. The van der Waals surface area contributed by atoms with Crippen LogP contribution in [0, 0.1) is 6.92 Å². The van der Waals surface area contributed by atoms with E-state index < -0.39 is 0 Å². The smallest absolute Gasteiger partial charge is 0.319 e. The molecule has 2 aromatic carbocycles. The number of nitrogens with zero attached hydrogens (tertiary/aromatic N) is 3. The maximum Gasteiger partial charge on any atom is 0.319 e. The van der Waals surface area contributed by atoms with E-state index in [2.05, 4.69) is 48.5 Å². The van der Waals surface area contributed by atoms with Gasteiger partial charge in [0.15, 0.2) is 0 Å².